The minimum Gasteiger partial charge on any atom is -0.479 e. The Kier molecular flexibility index (Phi) is 18.9. The van der Waals surface area contributed by atoms with Crippen LogP contribution in [-0.4, -0.2) is 23.1 Å². The maximum absolute atomic E-state index is 11.7. The van der Waals surface area contributed by atoms with Crippen LogP contribution in [-0.2, 0) is 14.3 Å². The lowest BCUT2D eigenvalue weighted by atomic mass is 10.0. The molecule has 0 radical (unpaired) electrons. The van der Waals surface area contributed by atoms with Crippen LogP contribution in [0.3, 0.4) is 0 Å². The molecule has 160 valence electrons. The van der Waals surface area contributed by atoms with E-state index < -0.39 is 12.1 Å². The molecule has 0 aliphatic rings. The van der Waals surface area contributed by atoms with Crippen molar-refractivity contribution in [1.29, 1.82) is 0 Å². The minimum absolute atomic E-state index is 0.339. The molecule has 0 saturated carbocycles. The molecule has 27 heavy (non-hydrogen) atoms. The van der Waals surface area contributed by atoms with E-state index in [-0.39, 0.29) is 5.97 Å². The van der Waals surface area contributed by atoms with Crippen molar-refractivity contribution in [3.8, 4) is 0 Å². The van der Waals surface area contributed by atoms with E-state index in [1.54, 1.807) is 0 Å². The summed E-state index contributed by atoms with van der Waals surface area (Å²) in [4.78, 5) is 22.6. The van der Waals surface area contributed by atoms with Crippen molar-refractivity contribution in [3.63, 3.8) is 0 Å². The van der Waals surface area contributed by atoms with Crippen LogP contribution < -0.4 is 0 Å². The highest BCUT2D eigenvalue weighted by Gasteiger charge is 2.20. The zero-order valence-electron chi connectivity index (χ0n) is 18.0. The Balaban J connectivity index is 3.33. The molecule has 1 unspecified atom stereocenters. The molecule has 0 aromatic heterocycles. The van der Waals surface area contributed by atoms with Crippen LogP contribution in [0.2, 0.25) is 0 Å². The van der Waals surface area contributed by atoms with E-state index >= 15 is 0 Å². The summed E-state index contributed by atoms with van der Waals surface area (Å²) in [7, 11) is 0. The SMILES string of the molecule is CCCCCCCCCCCCCCCCCC(=O)OC(CCC)C(=O)O. The molecule has 0 fully saturated rings. The van der Waals surface area contributed by atoms with Crippen LogP contribution in [0.15, 0.2) is 0 Å². The van der Waals surface area contributed by atoms with Gasteiger partial charge in [0, 0.05) is 6.42 Å². The second-order valence-corrected chi connectivity index (χ2v) is 7.81. The number of ether oxygens (including phenoxy) is 1. The summed E-state index contributed by atoms with van der Waals surface area (Å²) in [6.07, 6.45) is 19.8. The quantitative estimate of drug-likeness (QED) is 0.180. The van der Waals surface area contributed by atoms with Crippen LogP contribution in [0.1, 0.15) is 129 Å². The highest BCUT2D eigenvalue weighted by molar-refractivity contribution is 5.77. The second kappa shape index (κ2) is 19.7. The average molecular weight is 385 g/mol. The standard InChI is InChI=1S/C23H44O4/c1-3-5-6-7-8-9-10-11-12-13-14-15-16-17-18-20-22(24)27-21(19-4-2)23(25)26/h21H,3-20H2,1-2H3,(H,25,26). The number of rotatable bonds is 20. The number of esters is 1. The van der Waals surface area contributed by atoms with E-state index in [0.29, 0.717) is 19.3 Å². The van der Waals surface area contributed by atoms with Gasteiger partial charge in [-0.25, -0.2) is 4.79 Å². The van der Waals surface area contributed by atoms with E-state index in [1.807, 2.05) is 6.92 Å². The van der Waals surface area contributed by atoms with Gasteiger partial charge >= 0.3 is 11.9 Å². The third-order valence-electron chi connectivity index (χ3n) is 5.08. The van der Waals surface area contributed by atoms with Gasteiger partial charge in [0.25, 0.3) is 0 Å². The number of carboxylic acid groups (broad SMARTS) is 1. The Morgan fingerprint density at radius 3 is 1.44 bits per heavy atom. The molecule has 4 nitrogen and oxygen atoms in total. The third-order valence-corrected chi connectivity index (χ3v) is 5.08. The van der Waals surface area contributed by atoms with Gasteiger partial charge in [-0.3, -0.25) is 4.79 Å². The Labute approximate surface area is 167 Å². The Morgan fingerprint density at radius 1 is 0.667 bits per heavy atom. The van der Waals surface area contributed by atoms with E-state index in [0.717, 1.165) is 19.3 Å². The minimum atomic E-state index is -1.04. The summed E-state index contributed by atoms with van der Waals surface area (Å²) >= 11 is 0. The molecule has 0 bridgehead atoms. The largest absolute Gasteiger partial charge is 0.479 e. The van der Waals surface area contributed by atoms with Gasteiger partial charge in [-0.15, -0.1) is 0 Å². The monoisotopic (exact) mass is 384 g/mol. The highest BCUT2D eigenvalue weighted by Crippen LogP contribution is 2.14. The summed E-state index contributed by atoms with van der Waals surface area (Å²) in [5.41, 5.74) is 0. The number of unbranched alkanes of at least 4 members (excludes halogenated alkanes) is 14. The number of aliphatic carboxylic acids is 1. The predicted octanol–water partition coefficient (Wildman–Crippen LogP) is 7.04. The number of carboxylic acids is 1. The van der Waals surface area contributed by atoms with Gasteiger partial charge in [0.15, 0.2) is 6.10 Å². The Hall–Kier alpha value is -1.06. The molecule has 4 heteroatoms. The fourth-order valence-corrected chi connectivity index (χ4v) is 3.35. The molecular weight excluding hydrogens is 340 g/mol. The molecule has 1 atom stereocenters. The van der Waals surface area contributed by atoms with E-state index in [4.69, 9.17) is 9.84 Å². The van der Waals surface area contributed by atoms with Gasteiger partial charge in [-0.1, -0.05) is 110 Å². The fourth-order valence-electron chi connectivity index (χ4n) is 3.35. The lowest BCUT2D eigenvalue weighted by molar-refractivity contribution is -0.164. The zero-order valence-corrected chi connectivity index (χ0v) is 18.0. The first kappa shape index (κ1) is 25.9. The van der Waals surface area contributed by atoms with Crippen LogP contribution in [0, 0.1) is 0 Å². The number of hydrogen-bond donors (Lipinski definition) is 1. The van der Waals surface area contributed by atoms with Crippen molar-refractivity contribution < 1.29 is 19.4 Å². The first-order chi connectivity index (χ1) is 13.1. The lowest BCUT2D eigenvalue weighted by Crippen LogP contribution is -2.26. The van der Waals surface area contributed by atoms with Crippen LogP contribution >= 0.6 is 0 Å². The van der Waals surface area contributed by atoms with Crippen molar-refractivity contribution in [3.05, 3.63) is 0 Å². The summed E-state index contributed by atoms with van der Waals surface area (Å²) in [6, 6.07) is 0. The normalized spacial score (nSPS) is 12.1. The van der Waals surface area contributed by atoms with Crippen molar-refractivity contribution in [2.45, 2.75) is 136 Å². The molecule has 0 amide bonds. The Morgan fingerprint density at radius 2 is 1.07 bits per heavy atom. The molecule has 0 spiro atoms. The van der Waals surface area contributed by atoms with E-state index in [1.165, 1.54) is 77.0 Å². The number of hydrogen-bond acceptors (Lipinski definition) is 3. The maximum Gasteiger partial charge on any atom is 0.345 e. The van der Waals surface area contributed by atoms with Crippen LogP contribution in [0.25, 0.3) is 0 Å². The first-order valence-corrected chi connectivity index (χ1v) is 11.5. The lowest BCUT2D eigenvalue weighted by Gasteiger charge is -2.12. The molecule has 0 aliphatic carbocycles. The van der Waals surface area contributed by atoms with E-state index in [9.17, 15) is 9.59 Å². The molecule has 0 aliphatic heterocycles. The maximum atomic E-state index is 11.7. The van der Waals surface area contributed by atoms with Gasteiger partial charge in [0.05, 0.1) is 0 Å². The molecule has 0 aromatic rings. The summed E-state index contributed by atoms with van der Waals surface area (Å²) in [6.45, 7) is 4.15. The fraction of sp³-hybridized carbons (Fsp3) is 0.913. The molecular formula is C23H44O4. The molecule has 0 saturated heterocycles. The van der Waals surface area contributed by atoms with Gasteiger partial charge in [-0.05, 0) is 12.8 Å². The highest BCUT2D eigenvalue weighted by atomic mass is 16.6. The van der Waals surface area contributed by atoms with Crippen LogP contribution in [0.4, 0.5) is 0 Å². The van der Waals surface area contributed by atoms with Gasteiger partial charge in [0.2, 0.25) is 0 Å². The summed E-state index contributed by atoms with van der Waals surface area (Å²) in [5.74, 6) is -1.41. The van der Waals surface area contributed by atoms with Crippen molar-refractivity contribution in [2.75, 3.05) is 0 Å². The smallest absolute Gasteiger partial charge is 0.345 e. The van der Waals surface area contributed by atoms with Gasteiger partial charge in [-0.2, -0.15) is 0 Å². The molecule has 0 aromatic carbocycles. The second-order valence-electron chi connectivity index (χ2n) is 7.81. The van der Waals surface area contributed by atoms with Gasteiger partial charge < -0.3 is 9.84 Å². The first-order valence-electron chi connectivity index (χ1n) is 11.5. The summed E-state index contributed by atoms with van der Waals surface area (Å²) < 4.78 is 5.03. The van der Waals surface area contributed by atoms with E-state index in [2.05, 4.69) is 6.92 Å². The van der Waals surface area contributed by atoms with Gasteiger partial charge in [0.1, 0.15) is 0 Å². The van der Waals surface area contributed by atoms with Crippen molar-refractivity contribution in [1.82, 2.24) is 0 Å². The predicted molar refractivity (Wildman–Crippen MR) is 112 cm³/mol. The van der Waals surface area contributed by atoms with Crippen molar-refractivity contribution in [2.24, 2.45) is 0 Å². The molecule has 0 heterocycles. The van der Waals surface area contributed by atoms with Crippen LogP contribution in [0.5, 0.6) is 0 Å². The third kappa shape index (κ3) is 18.1. The molecule has 0 rings (SSSR count). The summed E-state index contributed by atoms with van der Waals surface area (Å²) in [5, 5.41) is 8.98. The Bertz CT molecular complexity index is 354. The average Bonchev–Trinajstić information content (AvgIpc) is 2.64. The number of carbonyl (C=O) groups is 2. The molecule has 1 N–H and O–H groups in total. The topological polar surface area (TPSA) is 63.6 Å². The number of carbonyl (C=O) groups excluding carboxylic acids is 1. The van der Waals surface area contributed by atoms with Crippen molar-refractivity contribution >= 4 is 11.9 Å². The zero-order chi connectivity index (χ0) is 20.2.